The van der Waals surface area contributed by atoms with Crippen LogP contribution in [0.4, 0.5) is 0 Å². The Morgan fingerprint density at radius 1 is 1.26 bits per heavy atom. The Hall–Kier alpha value is -3.06. The first-order valence-corrected chi connectivity index (χ1v) is 10.0. The molecule has 2 heterocycles. The van der Waals surface area contributed by atoms with Gasteiger partial charge in [0.05, 0.1) is 39.4 Å². The maximum Gasteiger partial charge on any atom is 0.339 e. The monoisotopic (exact) mass is 426 g/mol. The number of ether oxygens (including phenoxy) is 2. The van der Waals surface area contributed by atoms with Crippen molar-refractivity contribution in [2.45, 2.75) is 19.4 Å². The van der Waals surface area contributed by atoms with Gasteiger partial charge in [0.2, 0.25) is 0 Å². The van der Waals surface area contributed by atoms with E-state index in [0.717, 1.165) is 11.1 Å². The van der Waals surface area contributed by atoms with E-state index in [4.69, 9.17) is 12.2 Å². The molecule has 2 aliphatic carbocycles. The summed E-state index contributed by atoms with van der Waals surface area (Å²) < 4.78 is 27.9. The maximum absolute atomic E-state index is 12.5. The molecule has 7 heteroatoms. The number of rotatable bonds is 4. The van der Waals surface area contributed by atoms with E-state index in [1.807, 2.05) is 37.3 Å². The highest BCUT2D eigenvalue weighted by atomic mass is 16.5. The van der Waals surface area contributed by atoms with Crippen molar-refractivity contribution < 1.29 is 26.9 Å². The predicted octanol–water partition coefficient (Wildman–Crippen LogP) is 2.82. The summed E-state index contributed by atoms with van der Waals surface area (Å²) in [5.41, 5.74) is 4.50. The van der Waals surface area contributed by atoms with E-state index in [-0.39, 0.29) is 24.8 Å². The zero-order valence-corrected chi connectivity index (χ0v) is 18.1. The minimum atomic E-state index is -1.41. The van der Waals surface area contributed by atoms with Gasteiger partial charge in [-0.25, -0.2) is 9.59 Å². The molecule has 0 spiro atoms. The van der Waals surface area contributed by atoms with Crippen LogP contribution in [0, 0.1) is 18.7 Å². The van der Waals surface area contributed by atoms with Crippen molar-refractivity contribution in [3.8, 4) is 11.1 Å². The van der Waals surface area contributed by atoms with Gasteiger partial charge in [0.25, 0.3) is 0 Å². The van der Waals surface area contributed by atoms with Crippen molar-refractivity contribution >= 4 is 11.9 Å². The zero-order valence-electron chi connectivity index (χ0n) is 20.1. The molecule has 0 bridgehead atoms. The van der Waals surface area contributed by atoms with Crippen LogP contribution in [0.15, 0.2) is 41.9 Å². The summed E-state index contributed by atoms with van der Waals surface area (Å²) in [5, 5.41) is 10.2. The average Bonchev–Trinajstić information content (AvgIpc) is 3.39. The molecule has 164 valence electrons. The van der Waals surface area contributed by atoms with Gasteiger partial charge >= 0.3 is 11.9 Å². The third-order valence-corrected chi connectivity index (χ3v) is 6.41. The Morgan fingerprint density at radius 2 is 2.00 bits per heavy atom. The smallest absolute Gasteiger partial charge is 0.339 e. The number of nitrogens with zero attached hydrogens (tertiary/aromatic N) is 2. The van der Waals surface area contributed by atoms with Crippen LogP contribution in [-0.2, 0) is 21.3 Å². The number of aliphatic hydroxyl groups excluding tert-OH is 1. The van der Waals surface area contributed by atoms with Crippen molar-refractivity contribution in [2.75, 3.05) is 27.9 Å². The molecule has 0 aromatic carbocycles. The number of carbonyl (C=O) groups is 2. The Balaban J connectivity index is 1.94. The molecule has 0 amide bonds. The fraction of sp³-hybridized carbons (Fsp3) is 0.417. The van der Waals surface area contributed by atoms with Gasteiger partial charge in [-0.2, -0.15) is 0 Å². The normalized spacial score (nSPS) is 24.7. The quantitative estimate of drug-likeness (QED) is 0.598. The number of pyridine rings is 1. The molecular formula is C24H28N2O5. The number of aliphatic hydroxyl groups is 1. The molecule has 0 radical (unpaired) electrons. The van der Waals surface area contributed by atoms with E-state index in [1.165, 1.54) is 14.2 Å². The SMILES string of the molecule is [2H]Cc1cc([C@H]2[C@@H]3C(C([2H])O)=CC[C@@H]3C(C(=O)OC)=CN2C)c2cn(C)cc(C(=O)OC)c1-2. The predicted molar refractivity (Wildman–Crippen MR) is 115 cm³/mol. The summed E-state index contributed by atoms with van der Waals surface area (Å²) in [6.07, 6.45) is 7.73. The van der Waals surface area contributed by atoms with Gasteiger partial charge in [-0.1, -0.05) is 12.1 Å². The second kappa shape index (κ2) is 7.89. The Labute approximate surface area is 184 Å². The lowest BCUT2D eigenvalue weighted by Gasteiger charge is -2.42. The lowest BCUT2D eigenvalue weighted by Crippen LogP contribution is -2.38. The van der Waals surface area contributed by atoms with E-state index < -0.39 is 18.5 Å². The molecule has 0 saturated carbocycles. The minimum Gasteiger partial charge on any atom is -0.466 e. The number of hydrogen-bond donors (Lipinski definition) is 1. The summed E-state index contributed by atoms with van der Waals surface area (Å²) in [5.74, 6) is -1.48. The van der Waals surface area contributed by atoms with Gasteiger partial charge in [0, 0.05) is 57.0 Å². The molecule has 7 nitrogen and oxygen atoms in total. The average molecular weight is 427 g/mol. The number of hydrogen-bond acceptors (Lipinski definition) is 6. The van der Waals surface area contributed by atoms with E-state index in [2.05, 4.69) is 0 Å². The van der Waals surface area contributed by atoms with Crippen LogP contribution in [-0.4, -0.2) is 54.4 Å². The van der Waals surface area contributed by atoms with Gasteiger partial charge in [0.15, 0.2) is 0 Å². The van der Waals surface area contributed by atoms with Crippen LogP contribution in [0.2, 0.25) is 0 Å². The third kappa shape index (κ3) is 3.24. The van der Waals surface area contributed by atoms with E-state index in [0.29, 0.717) is 34.3 Å². The molecule has 0 aromatic rings. The molecule has 4 atom stereocenters. The van der Waals surface area contributed by atoms with E-state index >= 15 is 0 Å². The van der Waals surface area contributed by atoms with Crippen molar-refractivity contribution in [3.63, 3.8) is 0 Å². The van der Waals surface area contributed by atoms with Crippen molar-refractivity contribution in [1.82, 2.24) is 9.47 Å². The Kier molecular flexibility index (Phi) is 4.76. The first kappa shape index (κ1) is 18.7. The molecule has 1 unspecified atom stereocenters. The van der Waals surface area contributed by atoms with Crippen LogP contribution in [0.3, 0.4) is 0 Å². The van der Waals surface area contributed by atoms with Crippen LogP contribution >= 0.6 is 0 Å². The number of carbonyl (C=O) groups excluding carboxylic acids is 2. The van der Waals surface area contributed by atoms with Gasteiger partial charge < -0.3 is 24.0 Å². The molecule has 4 aliphatic rings. The highest BCUT2D eigenvalue weighted by Gasteiger charge is 2.46. The molecular weight excluding hydrogens is 396 g/mol. The van der Waals surface area contributed by atoms with Gasteiger partial charge in [-0.15, -0.1) is 0 Å². The van der Waals surface area contributed by atoms with Gasteiger partial charge in [-0.3, -0.25) is 0 Å². The van der Waals surface area contributed by atoms with Crippen LogP contribution in [0.1, 0.15) is 36.7 Å². The second-order valence-electron chi connectivity index (χ2n) is 8.13. The number of fused-ring (bicyclic) bond motifs is 2. The highest BCUT2D eigenvalue weighted by Crippen LogP contribution is 2.52. The van der Waals surface area contributed by atoms with Crippen molar-refractivity contribution in [3.05, 3.63) is 58.6 Å². The van der Waals surface area contributed by atoms with Gasteiger partial charge in [0.1, 0.15) is 0 Å². The maximum atomic E-state index is 12.5. The fourth-order valence-corrected chi connectivity index (χ4v) is 5.15. The Bertz CT molecular complexity index is 1140. The fourth-order valence-electron chi connectivity index (χ4n) is 5.15. The second-order valence-corrected chi connectivity index (χ2v) is 8.13. The van der Waals surface area contributed by atoms with E-state index in [1.54, 1.807) is 17.0 Å². The first-order valence-electron chi connectivity index (χ1n) is 11.3. The third-order valence-electron chi connectivity index (χ3n) is 6.41. The number of esters is 2. The van der Waals surface area contributed by atoms with Crippen LogP contribution < -0.4 is 0 Å². The standard InChI is InChI=1S/C24H28N2O5/c1-13-8-16(17-9-25(2)10-19(20(13)17)24(29)31-5)22-21-14(12-27)6-7-15(21)18(11-26(22)3)23(28)30-4/h6,8-11,15,21-22,27H,7,12H2,1-5H3/t15-,21-,22+/m1/s1/i1D,12D/t12?,15-,21-,22+. The number of methoxy groups -OCH3 is 2. The van der Waals surface area contributed by atoms with Crippen molar-refractivity contribution in [2.24, 2.45) is 18.9 Å². The summed E-state index contributed by atoms with van der Waals surface area (Å²) in [7, 11) is 6.33. The zero-order chi connectivity index (χ0) is 24.0. The molecule has 31 heavy (non-hydrogen) atoms. The topological polar surface area (TPSA) is 81.0 Å². The van der Waals surface area contributed by atoms with Gasteiger partial charge in [-0.05, 0) is 30.0 Å². The summed E-state index contributed by atoms with van der Waals surface area (Å²) in [4.78, 5) is 26.9. The minimum absolute atomic E-state index is 0.0221. The number of aryl methyl sites for hydroxylation is 2. The molecule has 1 N–H and O–H groups in total. The number of aromatic nitrogens is 1. The van der Waals surface area contributed by atoms with Crippen LogP contribution in [0.25, 0.3) is 11.1 Å². The van der Waals surface area contributed by atoms with E-state index in [9.17, 15) is 14.7 Å². The lowest BCUT2D eigenvalue weighted by molar-refractivity contribution is -0.137. The highest BCUT2D eigenvalue weighted by molar-refractivity contribution is 5.99. The first-order chi connectivity index (χ1) is 15.7. The largest absolute Gasteiger partial charge is 0.466 e. The van der Waals surface area contributed by atoms with Crippen LogP contribution in [0.5, 0.6) is 0 Å². The molecule has 2 aliphatic heterocycles. The molecule has 0 aromatic heterocycles. The summed E-state index contributed by atoms with van der Waals surface area (Å²) in [6.45, 7) is -1.43. The molecule has 4 rings (SSSR count). The molecule has 0 saturated heterocycles. The summed E-state index contributed by atoms with van der Waals surface area (Å²) in [6, 6.07) is 1.61. The lowest BCUT2D eigenvalue weighted by atomic mass is 9.74. The number of allylic oxidation sites excluding steroid dienone is 1. The molecule has 0 fully saturated rings. The van der Waals surface area contributed by atoms with Crippen molar-refractivity contribution in [1.29, 1.82) is 0 Å². The summed E-state index contributed by atoms with van der Waals surface area (Å²) >= 11 is 0. The Morgan fingerprint density at radius 3 is 2.65 bits per heavy atom.